The molecule has 0 saturated carbocycles. The molecule has 1 atom stereocenters. The molecule has 2 N–H and O–H groups in total. The molecule has 0 aliphatic rings. The van der Waals surface area contributed by atoms with E-state index in [2.05, 4.69) is 53.7 Å². The number of guanidine groups is 1. The average molecular weight is 544 g/mol. The Morgan fingerprint density at radius 2 is 1.81 bits per heavy atom. The lowest BCUT2D eigenvalue weighted by atomic mass is 9.89. The maximum atomic E-state index is 5.66. The van der Waals surface area contributed by atoms with Crippen molar-refractivity contribution < 1.29 is 9.47 Å². The van der Waals surface area contributed by atoms with Gasteiger partial charge in [-0.3, -0.25) is 0 Å². The van der Waals surface area contributed by atoms with E-state index >= 15 is 0 Å². The van der Waals surface area contributed by atoms with Gasteiger partial charge in [0.05, 0.1) is 13.2 Å². The van der Waals surface area contributed by atoms with Crippen LogP contribution >= 0.6 is 24.0 Å². The Bertz CT molecular complexity index is 814. The predicted octanol–water partition coefficient (Wildman–Crippen LogP) is 3.09. The fraction of sp³-hybridized carbons (Fsp3) is 0.591. The molecule has 8 nitrogen and oxygen atoms in total. The van der Waals surface area contributed by atoms with Crippen molar-refractivity contribution in [1.82, 2.24) is 25.4 Å². The van der Waals surface area contributed by atoms with Crippen LogP contribution in [0.2, 0.25) is 0 Å². The van der Waals surface area contributed by atoms with E-state index in [1.54, 1.807) is 14.2 Å². The molecule has 1 aromatic carbocycles. The van der Waals surface area contributed by atoms with Crippen molar-refractivity contribution in [3.05, 3.63) is 41.5 Å². The molecule has 0 radical (unpaired) electrons. The Morgan fingerprint density at radius 1 is 1.13 bits per heavy atom. The standard InChI is InChI=1S/C22H36N6O2.HI/c1-16-26-27-20(28(16)5)15-25-21(24-14-19(30-7)22(2,3)4)23-13-12-17-8-10-18(29-6)11-9-17;/h8-11,19H,12-15H2,1-7H3,(H2,23,24,25);1H. The van der Waals surface area contributed by atoms with Crippen LogP contribution in [0.1, 0.15) is 38.0 Å². The van der Waals surface area contributed by atoms with E-state index in [1.807, 2.05) is 30.7 Å². The molecule has 0 spiro atoms. The summed E-state index contributed by atoms with van der Waals surface area (Å²) in [6.07, 6.45) is 0.934. The molecular weight excluding hydrogens is 507 g/mol. The van der Waals surface area contributed by atoms with Crippen molar-refractivity contribution >= 4 is 29.9 Å². The van der Waals surface area contributed by atoms with E-state index in [0.29, 0.717) is 13.1 Å². The highest BCUT2D eigenvalue weighted by Crippen LogP contribution is 2.20. The Kier molecular flexibility index (Phi) is 11.3. The van der Waals surface area contributed by atoms with E-state index in [4.69, 9.17) is 14.5 Å². The number of ether oxygens (including phenoxy) is 2. The van der Waals surface area contributed by atoms with Gasteiger partial charge in [-0.15, -0.1) is 34.2 Å². The summed E-state index contributed by atoms with van der Waals surface area (Å²) >= 11 is 0. The molecule has 9 heteroatoms. The van der Waals surface area contributed by atoms with Crippen LogP contribution in [0.4, 0.5) is 0 Å². The Morgan fingerprint density at radius 3 is 2.32 bits per heavy atom. The van der Waals surface area contributed by atoms with Gasteiger partial charge in [0.2, 0.25) is 0 Å². The van der Waals surface area contributed by atoms with Crippen molar-refractivity contribution in [2.45, 2.75) is 46.8 Å². The molecule has 174 valence electrons. The number of nitrogens with zero attached hydrogens (tertiary/aromatic N) is 4. The first kappa shape index (κ1) is 27.2. The van der Waals surface area contributed by atoms with E-state index in [0.717, 1.165) is 36.3 Å². The van der Waals surface area contributed by atoms with Gasteiger partial charge in [0.25, 0.3) is 0 Å². The van der Waals surface area contributed by atoms with E-state index in [-0.39, 0.29) is 35.5 Å². The van der Waals surface area contributed by atoms with E-state index in [1.165, 1.54) is 5.56 Å². The first-order valence-corrected chi connectivity index (χ1v) is 10.3. The molecule has 0 aliphatic carbocycles. The summed E-state index contributed by atoms with van der Waals surface area (Å²) in [5.74, 6) is 3.29. The SMILES string of the molecule is COc1ccc(CCNC(=NCc2nnc(C)n2C)NCC(OC)C(C)(C)C)cc1.I. The van der Waals surface area contributed by atoms with Crippen LogP contribution in [0, 0.1) is 12.3 Å². The van der Waals surface area contributed by atoms with Crippen molar-refractivity contribution in [2.75, 3.05) is 27.3 Å². The minimum absolute atomic E-state index is 0. The number of methoxy groups -OCH3 is 2. The lowest BCUT2D eigenvalue weighted by Crippen LogP contribution is -2.45. The number of nitrogens with one attached hydrogen (secondary N) is 2. The number of benzene rings is 1. The van der Waals surface area contributed by atoms with Crippen molar-refractivity contribution in [3.63, 3.8) is 0 Å². The second-order valence-corrected chi connectivity index (χ2v) is 8.38. The lowest BCUT2D eigenvalue weighted by Gasteiger charge is -2.30. The number of aryl methyl sites for hydroxylation is 1. The number of aromatic nitrogens is 3. The van der Waals surface area contributed by atoms with Crippen molar-refractivity contribution in [1.29, 1.82) is 0 Å². The summed E-state index contributed by atoms with van der Waals surface area (Å²) in [6.45, 7) is 10.3. The molecule has 31 heavy (non-hydrogen) atoms. The maximum Gasteiger partial charge on any atom is 0.191 e. The fourth-order valence-corrected chi connectivity index (χ4v) is 2.96. The van der Waals surface area contributed by atoms with Crippen LogP contribution in [0.25, 0.3) is 0 Å². The van der Waals surface area contributed by atoms with Gasteiger partial charge in [-0.1, -0.05) is 32.9 Å². The molecule has 0 amide bonds. The maximum absolute atomic E-state index is 5.66. The summed E-state index contributed by atoms with van der Waals surface area (Å²) in [4.78, 5) is 4.71. The van der Waals surface area contributed by atoms with Gasteiger partial charge in [0.15, 0.2) is 11.8 Å². The largest absolute Gasteiger partial charge is 0.497 e. The number of aliphatic imine (C=N–C) groups is 1. The number of hydrogen-bond donors (Lipinski definition) is 2. The third-order valence-electron chi connectivity index (χ3n) is 5.13. The molecule has 0 bridgehead atoms. The van der Waals surface area contributed by atoms with Crippen LogP contribution in [0.3, 0.4) is 0 Å². The van der Waals surface area contributed by atoms with Crippen molar-refractivity contribution in [3.8, 4) is 5.75 Å². The highest BCUT2D eigenvalue weighted by atomic mass is 127. The quantitative estimate of drug-likeness (QED) is 0.287. The predicted molar refractivity (Wildman–Crippen MR) is 135 cm³/mol. The third kappa shape index (κ3) is 8.64. The van der Waals surface area contributed by atoms with Gasteiger partial charge in [0, 0.05) is 27.2 Å². The minimum Gasteiger partial charge on any atom is -0.497 e. The second-order valence-electron chi connectivity index (χ2n) is 8.38. The number of halogens is 1. The summed E-state index contributed by atoms with van der Waals surface area (Å²) in [5, 5.41) is 15.1. The Balaban J connectivity index is 0.00000480. The van der Waals surface area contributed by atoms with Crippen LogP contribution < -0.4 is 15.4 Å². The molecule has 0 aliphatic heterocycles. The zero-order chi connectivity index (χ0) is 22.1. The molecule has 1 heterocycles. The van der Waals surface area contributed by atoms with Gasteiger partial charge < -0.3 is 24.7 Å². The summed E-state index contributed by atoms with van der Waals surface area (Å²) in [5.41, 5.74) is 1.26. The zero-order valence-electron chi connectivity index (χ0n) is 19.7. The van der Waals surface area contributed by atoms with Gasteiger partial charge in [-0.25, -0.2) is 4.99 Å². The first-order valence-electron chi connectivity index (χ1n) is 10.3. The van der Waals surface area contributed by atoms with E-state index in [9.17, 15) is 0 Å². The number of rotatable bonds is 9. The van der Waals surface area contributed by atoms with Crippen LogP contribution in [0.15, 0.2) is 29.3 Å². The van der Waals surface area contributed by atoms with Gasteiger partial charge >= 0.3 is 0 Å². The molecule has 0 fully saturated rings. The summed E-state index contributed by atoms with van der Waals surface area (Å²) < 4.78 is 12.8. The van der Waals surface area contributed by atoms with Crippen LogP contribution in [-0.4, -0.2) is 54.1 Å². The lowest BCUT2D eigenvalue weighted by molar-refractivity contribution is 0.0205. The van der Waals surface area contributed by atoms with Crippen LogP contribution in [-0.2, 0) is 24.8 Å². The normalized spacial score (nSPS) is 12.8. The Hall–Kier alpha value is -1.88. The monoisotopic (exact) mass is 544 g/mol. The zero-order valence-corrected chi connectivity index (χ0v) is 22.1. The molecule has 2 rings (SSSR count). The van der Waals surface area contributed by atoms with Gasteiger partial charge in [-0.05, 0) is 36.5 Å². The highest BCUT2D eigenvalue weighted by molar-refractivity contribution is 14.0. The molecular formula is C22H37IN6O2. The third-order valence-corrected chi connectivity index (χ3v) is 5.13. The summed E-state index contributed by atoms with van der Waals surface area (Å²) in [7, 11) is 5.37. The van der Waals surface area contributed by atoms with Gasteiger partial charge in [-0.2, -0.15) is 0 Å². The van der Waals surface area contributed by atoms with Crippen molar-refractivity contribution in [2.24, 2.45) is 17.5 Å². The fourth-order valence-electron chi connectivity index (χ4n) is 2.96. The smallest absolute Gasteiger partial charge is 0.191 e. The summed E-state index contributed by atoms with van der Waals surface area (Å²) in [6, 6.07) is 8.11. The molecule has 2 aromatic rings. The average Bonchev–Trinajstić information content (AvgIpc) is 3.03. The molecule has 1 aromatic heterocycles. The topological polar surface area (TPSA) is 85.6 Å². The number of hydrogen-bond acceptors (Lipinski definition) is 5. The molecule has 1 unspecified atom stereocenters. The second kappa shape index (κ2) is 12.8. The molecule has 0 saturated heterocycles. The van der Waals surface area contributed by atoms with Crippen LogP contribution in [0.5, 0.6) is 5.75 Å². The Labute approximate surface area is 203 Å². The van der Waals surface area contributed by atoms with Gasteiger partial charge in [0.1, 0.15) is 18.1 Å². The first-order chi connectivity index (χ1) is 14.2. The van der Waals surface area contributed by atoms with E-state index < -0.39 is 0 Å². The highest BCUT2D eigenvalue weighted by Gasteiger charge is 2.24. The minimum atomic E-state index is 0.